The fourth-order valence-corrected chi connectivity index (χ4v) is 1.34. The minimum Gasteiger partial charge on any atom is -0.492 e. The summed E-state index contributed by atoms with van der Waals surface area (Å²) in [6, 6.07) is 6.05. The predicted octanol–water partition coefficient (Wildman–Crippen LogP) is 3.98. The second-order valence-electron chi connectivity index (χ2n) is 3.62. The SMILES string of the molecule is CCC(=O)c1ccc(OCC(Br)C(F)(F)F)cc1. The van der Waals surface area contributed by atoms with Crippen LogP contribution in [0.3, 0.4) is 0 Å². The number of carbonyl (C=O) groups is 1. The molecule has 0 saturated heterocycles. The van der Waals surface area contributed by atoms with Crippen LogP contribution in [-0.4, -0.2) is 23.4 Å². The maximum Gasteiger partial charge on any atom is 0.404 e. The molecule has 1 rings (SSSR count). The number of halogens is 4. The van der Waals surface area contributed by atoms with Gasteiger partial charge in [0.1, 0.15) is 17.2 Å². The summed E-state index contributed by atoms with van der Waals surface area (Å²) in [5, 5.41) is 0. The van der Waals surface area contributed by atoms with E-state index in [4.69, 9.17) is 4.74 Å². The van der Waals surface area contributed by atoms with E-state index in [1.54, 1.807) is 6.92 Å². The molecule has 1 unspecified atom stereocenters. The Labute approximate surface area is 111 Å². The van der Waals surface area contributed by atoms with Crippen LogP contribution >= 0.6 is 15.9 Å². The average molecular weight is 325 g/mol. The van der Waals surface area contributed by atoms with E-state index in [1.807, 2.05) is 0 Å². The Morgan fingerprint density at radius 3 is 2.33 bits per heavy atom. The van der Waals surface area contributed by atoms with Gasteiger partial charge in [0.05, 0.1) is 0 Å². The number of ketones is 1. The van der Waals surface area contributed by atoms with Crippen molar-refractivity contribution < 1.29 is 22.7 Å². The van der Waals surface area contributed by atoms with E-state index in [9.17, 15) is 18.0 Å². The fraction of sp³-hybridized carbons (Fsp3) is 0.417. The van der Waals surface area contributed by atoms with Crippen LogP contribution in [-0.2, 0) is 0 Å². The van der Waals surface area contributed by atoms with Crippen LogP contribution in [0.2, 0.25) is 0 Å². The van der Waals surface area contributed by atoms with E-state index in [-0.39, 0.29) is 5.78 Å². The van der Waals surface area contributed by atoms with Crippen molar-refractivity contribution in [3.05, 3.63) is 29.8 Å². The van der Waals surface area contributed by atoms with Crippen LogP contribution in [0.1, 0.15) is 23.7 Å². The van der Waals surface area contributed by atoms with Gasteiger partial charge in [-0.2, -0.15) is 13.2 Å². The molecular formula is C12H12BrF3O2. The van der Waals surface area contributed by atoms with Gasteiger partial charge < -0.3 is 4.74 Å². The highest BCUT2D eigenvalue weighted by Crippen LogP contribution is 2.27. The van der Waals surface area contributed by atoms with Crippen molar-refractivity contribution >= 4 is 21.7 Å². The maximum absolute atomic E-state index is 12.2. The Morgan fingerprint density at radius 2 is 1.89 bits per heavy atom. The monoisotopic (exact) mass is 324 g/mol. The number of carbonyl (C=O) groups excluding carboxylic acids is 1. The first-order valence-corrected chi connectivity index (χ1v) is 6.23. The molecule has 0 radical (unpaired) electrons. The third-order valence-corrected chi connectivity index (χ3v) is 3.03. The van der Waals surface area contributed by atoms with Gasteiger partial charge in [0.15, 0.2) is 5.78 Å². The Morgan fingerprint density at radius 1 is 1.33 bits per heavy atom. The van der Waals surface area contributed by atoms with Gasteiger partial charge in [-0.1, -0.05) is 22.9 Å². The lowest BCUT2D eigenvalue weighted by Gasteiger charge is -2.14. The van der Waals surface area contributed by atoms with Crippen LogP contribution < -0.4 is 4.74 Å². The molecule has 1 aromatic carbocycles. The average Bonchev–Trinajstić information content (AvgIpc) is 2.34. The molecule has 1 atom stereocenters. The van der Waals surface area contributed by atoms with E-state index in [2.05, 4.69) is 15.9 Å². The Hall–Kier alpha value is -1.04. The molecule has 0 amide bonds. The maximum atomic E-state index is 12.2. The molecule has 0 fully saturated rings. The van der Waals surface area contributed by atoms with Gasteiger partial charge >= 0.3 is 6.18 Å². The summed E-state index contributed by atoms with van der Waals surface area (Å²) in [6.07, 6.45) is -3.95. The summed E-state index contributed by atoms with van der Waals surface area (Å²) in [5.41, 5.74) is 0.524. The molecule has 0 aliphatic rings. The third kappa shape index (κ3) is 4.33. The number of rotatable bonds is 5. The Bertz CT molecular complexity index is 401. The van der Waals surface area contributed by atoms with Gasteiger partial charge in [0.2, 0.25) is 0 Å². The quantitative estimate of drug-likeness (QED) is 0.604. The minimum atomic E-state index is -4.34. The summed E-state index contributed by atoms with van der Waals surface area (Å²) in [4.78, 5) is 9.62. The molecule has 0 aromatic heterocycles. The summed E-state index contributed by atoms with van der Waals surface area (Å²) in [5.74, 6) is 0.284. The standard InChI is InChI=1S/C12H12BrF3O2/c1-2-10(17)8-3-5-9(6-4-8)18-7-11(13)12(14,15)16/h3-6,11H,2,7H2,1H3. The number of Topliss-reactive ketones (excluding diaryl/α,β-unsaturated/α-hetero) is 1. The Kier molecular flexibility index (Phi) is 5.19. The predicted molar refractivity (Wildman–Crippen MR) is 65.3 cm³/mol. The molecule has 18 heavy (non-hydrogen) atoms. The van der Waals surface area contributed by atoms with Gasteiger partial charge in [-0.25, -0.2) is 0 Å². The normalized spacial score (nSPS) is 13.2. The lowest BCUT2D eigenvalue weighted by molar-refractivity contribution is -0.132. The zero-order valence-electron chi connectivity index (χ0n) is 9.63. The van der Waals surface area contributed by atoms with E-state index >= 15 is 0 Å². The van der Waals surface area contributed by atoms with Crippen LogP contribution in [0, 0.1) is 0 Å². The van der Waals surface area contributed by atoms with Crippen LogP contribution in [0.4, 0.5) is 13.2 Å². The highest BCUT2D eigenvalue weighted by Gasteiger charge is 2.38. The van der Waals surface area contributed by atoms with Crippen molar-refractivity contribution in [3.63, 3.8) is 0 Å². The van der Waals surface area contributed by atoms with Crippen molar-refractivity contribution in [2.75, 3.05) is 6.61 Å². The molecule has 1 aromatic rings. The van der Waals surface area contributed by atoms with Crippen molar-refractivity contribution in [1.29, 1.82) is 0 Å². The van der Waals surface area contributed by atoms with Gasteiger partial charge in [-0.15, -0.1) is 0 Å². The second kappa shape index (κ2) is 6.22. The number of ether oxygens (including phenoxy) is 1. The topological polar surface area (TPSA) is 26.3 Å². The second-order valence-corrected chi connectivity index (χ2v) is 4.73. The number of benzene rings is 1. The van der Waals surface area contributed by atoms with Gasteiger partial charge in [-0.3, -0.25) is 4.79 Å². The molecule has 100 valence electrons. The van der Waals surface area contributed by atoms with E-state index in [1.165, 1.54) is 24.3 Å². The fourth-order valence-electron chi connectivity index (χ4n) is 1.21. The molecule has 0 aliphatic heterocycles. The van der Waals surface area contributed by atoms with Crippen molar-refractivity contribution in [3.8, 4) is 5.75 Å². The smallest absolute Gasteiger partial charge is 0.404 e. The molecule has 6 heteroatoms. The van der Waals surface area contributed by atoms with Gasteiger partial charge in [-0.05, 0) is 24.3 Å². The summed E-state index contributed by atoms with van der Waals surface area (Å²) in [6.45, 7) is 1.23. The molecule has 0 spiro atoms. The van der Waals surface area contributed by atoms with Gasteiger partial charge in [0.25, 0.3) is 0 Å². The first-order valence-electron chi connectivity index (χ1n) is 5.31. The van der Waals surface area contributed by atoms with Crippen molar-refractivity contribution in [2.24, 2.45) is 0 Å². The molecule has 0 heterocycles. The summed E-state index contributed by atoms with van der Waals surface area (Å²) in [7, 11) is 0. The highest BCUT2D eigenvalue weighted by atomic mass is 79.9. The summed E-state index contributed by atoms with van der Waals surface area (Å²) < 4.78 is 41.6. The molecule has 0 N–H and O–H groups in total. The first kappa shape index (κ1) is 15.0. The lowest BCUT2D eigenvalue weighted by Crippen LogP contribution is -2.28. The largest absolute Gasteiger partial charge is 0.492 e. The highest BCUT2D eigenvalue weighted by molar-refractivity contribution is 9.09. The number of hydrogen-bond donors (Lipinski definition) is 0. The lowest BCUT2D eigenvalue weighted by atomic mass is 10.1. The van der Waals surface area contributed by atoms with Gasteiger partial charge in [0, 0.05) is 12.0 Å². The van der Waals surface area contributed by atoms with Crippen molar-refractivity contribution in [1.82, 2.24) is 0 Å². The number of hydrogen-bond acceptors (Lipinski definition) is 2. The minimum absolute atomic E-state index is 0.0183. The van der Waals surface area contributed by atoms with Crippen molar-refractivity contribution in [2.45, 2.75) is 24.3 Å². The van der Waals surface area contributed by atoms with E-state index < -0.39 is 17.6 Å². The number of alkyl halides is 4. The molecule has 2 nitrogen and oxygen atoms in total. The summed E-state index contributed by atoms with van der Waals surface area (Å²) >= 11 is 2.50. The first-order chi connectivity index (χ1) is 8.34. The molecular weight excluding hydrogens is 313 g/mol. The van der Waals surface area contributed by atoms with Crippen LogP contribution in [0.25, 0.3) is 0 Å². The van der Waals surface area contributed by atoms with Crippen LogP contribution in [0.15, 0.2) is 24.3 Å². The third-order valence-electron chi connectivity index (χ3n) is 2.25. The molecule has 0 bridgehead atoms. The zero-order chi connectivity index (χ0) is 13.8. The van der Waals surface area contributed by atoms with E-state index in [0.29, 0.717) is 17.7 Å². The Balaban J connectivity index is 2.57. The zero-order valence-corrected chi connectivity index (χ0v) is 11.2. The molecule has 0 saturated carbocycles. The van der Waals surface area contributed by atoms with Crippen LogP contribution in [0.5, 0.6) is 5.75 Å². The molecule has 0 aliphatic carbocycles. The van der Waals surface area contributed by atoms with E-state index in [0.717, 1.165) is 0 Å².